The zero-order chi connectivity index (χ0) is 13.6. The number of thiazole rings is 1. The molecule has 0 N–H and O–H groups in total. The fraction of sp³-hybridized carbons (Fsp3) is 0.308. The standard InChI is InChI=1S/C13H14N2O2S2/c1-9-5-11-6-10(12-7-18-8-14-12)3-4-13(11)15(9)19(2,16)17/h3-4,6-9H,5H2,1-2H3. The first-order valence-corrected chi connectivity index (χ1v) is 8.77. The highest BCUT2D eigenvalue weighted by molar-refractivity contribution is 7.92. The maximum atomic E-state index is 11.8. The minimum absolute atomic E-state index is 0.0179. The van der Waals surface area contributed by atoms with E-state index in [4.69, 9.17) is 0 Å². The van der Waals surface area contributed by atoms with Crippen LogP contribution in [0.1, 0.15) is 12.5 Å². The minimum Gasteiger partial charge on any atom is -0.267 e. The molecule has 19 heavy (non-hydrogen) atoms. The van der Waals surface area contributed by atoms with Gasteiger partial charge in [-0.1, -0.05) is 6.07 Å². The molecule has 1 aromatic carbocycles. The van der Waals surface area contributed by atoms with Crippen molar-refractivity contribution >= 4 is 27.0 Å². The average Bonchev–Trinajstić information content (AvgIpc) is 2.91. The van der Waals surface area contributed by atoms with Gasteiger partial charge in [0, 0.05) is 17.0 Å². The molecule has 0 radical (unpaired) electrons. The minimum atomic E-state index is -3.21. The summed E-state index contributed by atoms with van der Waals surface area (Å²) in [5, 5.41) is 1.99. The van der Waals surface area contributed by atoms with E-state index in [1.807, 2.05) is 30.5 Å². The second-order valence-electron chi connectivity index (χ2n) is 4.83. The third-order valence-corrected chi connectivity index (χ3v) is 5.18. The zero-order valence-corrected chi connectivity index (χ0v) is 12.3. The lowest BCUT2D eigenvalue weighted by Crippen LogP contribution is -2.34. The number of hydrogen-bond acceptors (Lipinski definition) is 4. The summed E-state index contributed by atoms with van der Waals surface area (Å²) >= 11 is 1.56. The molecule has 4 nitrogen and oxygen atoms in total. The van der Waals surface area contributed by atoms with Crippen molar-refractivity contribution in [1.82, 2.24) is 4.98 Å². The molecule has 1 atom stereocenters. The molecule has 1 aromatic heterocycles. The molecule has 2 aromatic rings. The Hall–Kier alpha value is -1.40. The van der Waals surface area contributed by atoms with Crippen LogP contribution >= 0.6 is 11.3 Å². The van der Waals surface area contributed by atoms with E-state index in [9.17, 15) is 8.42 Å². The molecule has 0 saturated carbocycles. The molecule has 6 heteroatoms. The molecular formula is C13H14N2O2S2. The van der Waals surface area contributed by atoms with E-state index in [-0.39, 0.29) is 6.04 Å². The van der Waals surface area contributed by atoms with Crippen molar-refractivity contribution in [2.24, 2.45) is 0 Å². The molecule has 0 bridgehead atoms. The van der Waals surface area contributed by atoms with Crippen LogP contribution in [0.15, 0.2) is 29.1 Å². The number of aromatic nitrogens is 1. The summed E-state index contributed by atoms with van der Waals surface area (Å²) in [6.07, 6.45) is 2.01. The normalized spacial score (nSPS) is 18.6. The van der Waals surface area contributed by atoms with Crippen LogP contribution in [0.3, 0.4) is 0 Å². The number of hydrogen-bond donors (Lipinski definition) is 0. The van der Waals surface area contributed by atoms with Gasteiger partial charge in [0.2, 0.25) is 10.0 Å². The van der Waals surface area contributed by atoms with Crippen molar-refractivity contribution in [3.05, 3.63) is 34.7 Å². The Kier molecular flexibility index (Phi) is 2.87. The number of benzene rings is 1. The van der Waals surface area contributed by atoms with E-state index < -0.39 is 10.0 Å². The van der Waals surface area contributed by atoms with Crippen LogP contribution in [-0.4, -0.2) is 25.7 Å². The highest BCUT2D eigenvalue weighted by Gasteiger charge is 2.32. The quantitative estimate of drug-likeness (QED) is 0.855. The predicted molar refractivity (Wildman–Crippen MR) is 78.0 cm³/mol. The average molecular weight is 294 g/mol. The number of nitrogens with zero attached hydrogens (tertiary/aromatic N) is 2. The van der Waals surface area contributed by atoms with Gasteiger partial charge in [-0.25, -0.2) is 13.4 Å². The summed E-state index contributed by atoms with van der Waals surface area (Å²) in [5.74, 6) is 0. The monoisotopic (exact) mass is 294 g/mol. The van der Waals surface area contributed by atoms with Gasteiger partial charge in [-0.05, 0) is 31.0 Å². The van der Waals surface area contributed by atoms with Gasteiger partial charge >= 0.3 is 0 Å². The first-order valence-electron chi connectivity index (χ1n) is 5.98. The highest BCUT2D eigenvalue weighted by atomic mass is 32.2. The maximum Gasteiger partial charge on any atom is 0.232 e. The Morgan fingerprint density at radius 1 is 1.42 bits per heavy atom. The van der Waals surface area contributed by atoms with Crippen LogP contribution in [0.2, 0.25) is 0 Å². The molecule has 0 aliphatic carbocycles. The zero-order valence-electron chi connectivity index (χ0n) is 10.7. The summed E-state index contributed by atoms with van der Waals surface area (Å²) in [6.45, 7) is 1.93. The second-order valence-corrected chi connectivity index (χ2v) is 7.41. The van der Waals surface area contributed by atoms with Crippen molar-refractivity contribution < 1.29 is 8.42 Å². The number of anilines is 1. The van der Waals surface area contributed by atoms with Crippen LogP contribution in [0.25, 0.3) is 11.3 Å². The van der Waals surface area contributed by atoms with Gasteiger partial charge in [0.25, 0.3) is 0 Å². The van der Waals surface area contributed by atoms with Crippen molar-refractivity contribution in [2.45, 2.75) is 19.4 Å². The van der Waals surface area contributed by atoms with Gasteiger partial charge in [-0.2, -0.15) is 0 Å². The SMILES string of the molecule is CC1Cc2cc(-c3cscn3)ccc2N1S(C)(=O)=O. The molecule has 0 saturated heterocycles. The van der Waals surface area contributed by atoms with E-state index in [0.717, 1.165) is 28.9 Å². The van der Waals surface area contributed by atoms with Crippen molar-refractivity contribution in [2.75, 3.05) is 10.6 Å². The molecule has 2 heterocycles. The Morgan fingerprint density at radius 2 is 2.21 bits per heavy atom. The lowest BCUT2D eigenvalue weighted by molar-refractivity contribution is 0.590. The summed E-state index contributed by atoms with van der Waals surface area (Å²) in [5.41, 5.74) is 5.66. The van der Waals surface area contributed by atoms with Crippen LogP contribution in [0.4, 0.5) is 5.69 Å². The Labute approximate surface area is 116 Å². The second kappa shape index (κ2) is 4.31. The van der Waals surface area contributed by atoms with Gasteiger partial charge < -0.3 is 0 Å². The van der Waals surface area contributed by atoms with E-state index in [0.29, 0.717) is 0 Å². The largest absolute Gasteiger partial charge is 0.267 e. The summed E-state index contributed by atoms with van der Waals surface area (Å²) in [4.78, 5) is 4.29. The van der Waals surface area contributed by atoms with E-state index in [2.05, 4.69) is 4.98 Å². The molecule has 1 aliphatic rings. The van der Waals surface area contributed by atoms with Gasteiger partial charge in [-0.3, -0.25) is 4.31 Å². The maximum absolute atomic E-state index is 11.8. The first kappa shape index (κ1) is 12.6. The van der Waals surface area contributed by atoms with Crippen molar-refractivity contribution in [3.63, 3.8) is 0 Å². The van der Waals surface area contributed by atoms with E-state index >= 15 is 0 Å². The topological polar surface area (TPSA) is 50.3 Å². The molecule has 100 valence electrons. The number of sulfonamides is 1. The van der Waals surface area contributed by atoms with Gasteiger partial charge in [0.1, 0.15) is 0 Å². The Bertz CT molecular complexity index is 708. The first-order chi connectivity index (χ1) is 8.97. The Balaban J connectivity index is 2.08. The predicted octanol–water partition coefficient (Wildman–Crippen LogP) is 2.52. The van der Waals surface area contributed by atoms with E-state index in [1.54, 1.807) is 16.8 Å². The molecule has 1 aliphatic heterocycles. The molecule has 1 unspecified atom stereocenters. The summed E-state index contributed by atoms with van der Waals surface area (Å²) in [7, 11) is -3.21. The number of rotatable bonds is 2. The molecule has 0 fully saturated rings. The highest BCUT2D eigenvalue weighted by Crippen LogP contribution is 2.36. The molecular weight excluding hydrogens is 280 g/mol. The van der Waals surface area contributed by atoms with Crippen LogP contribution in [0.5, 0.6) is 0 Å². The smallest absolute Gasteiger partial charge is 0.232 e. The van der Waals surface area contributed by atoms with Gasteiger partial charge in [0.15, 0.2) is 0 Å². The Morgan fingerprint density at radius 3 is 2.84 bits per heavy atom. The third kappa shape index (κ3) is 2.15. The molecule has 0 amide bonds. The molecule has 3 rings (SSSR count). The number of fused-ring (bicyclic) bond motifs is 1. The van der Waals surface area contributed by atoms with Gasteiger partial charge in [0.05, 0.1) is 23.1 Å². The summed E-state index contributed by atoms with van der Waals surface area (Å²) in [6, 6.07) is 5.85. The molecule has 0 spiro atoms. The van der Waals surface area contributed by atoms with Crippen LogP contribution in [-0.2, 0) is 16.4 Å². The summed E-state index contributed by atoms with van der Waals surface area (Å²) < 4.78 is 25.2. The van der Waals surface area contributed by atoms with Crippen molar-refractivity contribution in [1.29, 1.82) is 0 Å². The van der Waals surface area contributed by atoms with E-state index in [1.165, 1.54) is 10.6 Å². The van der Waals surface area contributed by atoms with Crippen LogP contribution in [0, 0.1) is 0 Å². The lowest BCUT2D eigenvalue weighted by atomic mass is 10.1. The lowest BCUT2D eigenvalue weighted by Gasteiger charge is -2.21. The third-order valence-electron chi connectivity index (χ3n) is 3.32. The fourth-order valence-electron chi connectivity index (χ4n) is 2.62. The fourth-order valence-corrected chi connectivity index (χ4v) is 4.45. The van der Waals surface area contributed by atoms with Crippen LogP contribution < -0.4 is 4.31 Å². The van der Waals surface area contributed by atoms with Gasteiger partial charge in [-0.15, -0.1) is 11.3 Å². The van der Waals surface area contributed by atoms with Crippen molar-refractivity contribution in [3.8, 4) is 11.3 Å².